The zero-order valence-corrected chi connectivity index (χ0v) is 23.7. The lowest BCUT2D eigenvalue weighted by atomic mass is 9.83. The number of aromatic hydroxyl groups is 2. The number of phenols is 2. The minimum atomic E-state index is -0.234. The number of benzene rings is 4. The molecule has 200 valence electrons. The van der Waals surface area contributed by atoms with E-state index < -0.39 is 0 Å². The molecular formula is C35H38N2O2. The van der Waals surface area contributed by atoms with Gasteiger partial charge in [0.1, 0.15) is 18.2 Å². The van der Waals surface area contributed by atoms with Crippen molar-refractivity contribution in [1.82, 2.24) is 0 Å². The third kappa shape index (κ3) is 6.64. The summed E-state index contributed by atoms with van der Waals surface area (Å²) in [6.07, 6.45) is 3.35. The number of hydrogen-bond acceptors (Lipinski definition) is 4. The van der Waals surface area contributed by atoms with Crippen LogP contribution in [0.25, 0.3) is 22.3 Å². The average molecular weight is 519 g/mol. The Bertz CT molecular complexity index is 1380. The molecule has 2 N–H and O–H groups in total. The van der Waals surface area contributed by atoms with E-state index in [9.17, 15) is 10.2 Å². The van der Waals surface area contributed by atoms with E-state index in [2.05, 4.69) is 87.9 Å². The highest BCUT2D eigenvalue weighted by molar-refractivity contribution is 5.89. The van der Waals surface area contributed by atoms with Crippen molar-refractivity contribution >= 4 is 12.4 Å². The van der Waals surface area contributed by atoms with Crippen molar-refractivity contribution in [1.29, 1.82) is 0 Å². The van der Waals surface area contributed by atoms with E-state index >= 15 is 0 Å². The standard InChI is InChI=1S/C35H38N2O2/c1-34(2,3)30-19-26(24-13-9-7-10-14-24)17-28(32(30)38)21-36-23-37-22-29-18-27(25-15-11-8-12-16-25)20-31(33(29)39)35(4,5)6/h7-22,38-39H,23H2,1-6H3. The van der Waals surface area contributed by atoms with Crippen LogP contribution in [0.1, 0.15) is 63.8 Å². The molecule has 0 radical (unpaired) electrons. The van der Waals surface area contributed by atoms with E-state index in [0.717, 1.165) is 33.4 Å². The zero-order valence-electron chi connectivity index (χ0n) is 23.7. The van der Waals surface area contributed by atoms with Gasteiger partial charge in [-0.1, -0.05) is 102 Å². The van der Waals surface area contributed by atoms with Gasteiger partial charge in [-0.2, -0.15) is 0 Å². The lowest BCUT2D eigenvalue weighted by Gasteiger charge is -2.23. The Hall–Kier alpha value is -4.18. The van der Waals surface area contributed by atoms with Crippen LogP contribution in [0.2, 0.25) is 0 Å². The maximum absolute atomic E-state index is 11.0. The van der Waals surface area contributed by atoms with Gasteiger partial charge in [-0.3, -0.25) is 9.98 Å². The summed E-state index contributed by atoms with van der Waals surface area (Å²) in [5.74, 6) is 0.468. The predicted octanol–water partition coefficient (Wildman–Crippen LogP) is 8.52. The van der Waals surface area contributed by atoms with Gasteiger partial charge in [-0.25, -0.2) is 0 Å². The first kappa shape index (κ1) is 27.8. The van der Waals surface area contributed by atoms with Crippen LogP contribution in [0.3, 0.4) is 0 Å². The van der Waals surface area contributed by atoms with Crippen LogP contribution in [-0.4, -0.2) is 29.3 Å². The number of aliphatic imine (C=N–C) groups is 2. The van der Waals surface area contributed by atoms with Gasteiger partial charge >= 0.3 is 0 Å². The van der Waals surface area contributed by atoms with Crippen molar-refractivity contribution < 1.29 is 10.2 Å². The largest absolute Gasteiger partial charge is 0.507 e. The predicted molar refractivity (Wildman–Crippen MR) is 165 cm³/mol. The van der Waals surface area contributed by atoms with Crippen LogP contribution in [0, 0.1) is 0 Å². The minimum Gasteiger partial charge on any atom is -0.507 e. The molecule has 39 heavy (non-hydrogen) atoms. The lowest BCUT2D eigenvalue weighted by molar-refractivity contribution is 0.445. The fraction of sp³-hybridized carbons (Fsp3) is 0.257. The Labute approximate surface area is 232 Å². The summed E-state index contributed by atoms with van der Waals surface area (Å²) >= 11 is 0. The smallest absolute Gasteiger partial charge is 0.129 e. The Morgan fingerprint density at radius 3 is 1.23 bits per heavy atom. The Kier molecular flexibility index (Phi) is 8.06. The second-order valence-corrected chi connectivity index (χ2v) is 11.9. The molecule has 4 rings (SSSR count). The fourth-order valence-corrected chi connectivity index (χ4v) is 4.57. The SMILES string of the molecule is CC(C)(C)c1cc(-c2ccccc2)cc(C=NCN=Cc2cc(-c3ccccc3)cc(C(C)(C)C)c2O)c1O. The summed E-state index contributed by atoms with van der Waals surface area (Å²) in [7, 11) is 0. The van der Waals surface area contributed by atoms with Gasteiger partial charge in [-0.15, -0.1) is 0 Å². The molecular weight excluding hydrogens is 480 g/mol. The molecule has 0 amide bonds. The van der Waals surface area contributed by atoms with Gasteiger partial charge < -0.3 is 10.2 Å². The summed E-state index contributed by atoms with van der Waals surface area (Å²) < 4.78 is 0. The van der Waals surface area contributed by atoms with Crippen molar-refractivity contribution in [3.63, 3.8) is 0 Å². The van der Waals surface area contributed by atoms with Gasteiger partial charge in [0.25, 0.3) is 0 Å². The summed E-state index contributed by atoms with van der Waals surface area (Å²) in [4.78, 5) is 8.98. The first-order chi connectivity index (χ1) is 18.4. The average Bonchev–Trinajstić information content (AvgIpc) is 2.90. The summed E-state index contributed by atoms with van der Waals surface area (Å²) in [5.41, 5.74) is 6.79. The lowest BCUT2D eigenvalue weighted by Crippen LogP contribution is -2.12. The van der Waals surface area contributed by atoms with Crippen molar-refractivity contribution in [2.45, 2.75) is 52.4 Å². The van der Waals surface area contributed by atoms with Gasteiger partial charge in [0.15, 0.2) is 0 Å². The van der Waals surface area contributed by atoms with Gasteiger partial charge in [-0.05, 0) is 57.3 Å². The van der Waals surface area contributed by atoms with Crippen LogP contribution in [0.5, 0.6) is 11.5 Å². The molecule has 0 spiro atoms. The highest BCUT2D eigenvalue weighted by Crippen LogP contribution is 2.38. The molecule has 0 saturated heterocycles. The molecule has 0 aliphatic rings. The molecule has 4 aromatic carbocycles. The van der Waals surface area contributed by atoms with E-state index in [1.54, 1.807) is 12.4 Å². The molecule has 4 nitrogen and oxygen atoms in total. The quantitative estimate of drug-likeness (QED) is 0.251. The molecule has 0 bridgehead atoms. The number of rotatable bonds is 6. The van der Waals surface area contributed by atoms with Crippen molar-refractivity contribution in [2.24, 2.45) is 9.98 Å². The van der Waals surface area contributed by atoms with Crippen LogP contribution < -0.4 is 0 Å². The van der Waals surface area contributed by atoms with Gasteiger partial charge in [0.2, 0.25) is 0 Å². The molecule has 0 saturated carbocycles. The monoisotopic (exact) mass is 518 g/mol. The van der Waals surface area contributed by atoms with E-state index in [4.69, 9.17) is 0 Å². The first-order valence-electron chi connectivity index (χ1n) is 13.3. The van der Waals surface area contributed by atoms with E-state index in [1.807, 2.05) is 48.5 Å². The second-order valence-electron chi connectivity index (χ2n) is 11.9. The molecule has 0 atom stereocenters. The van der Waals surface area contributed by atoms with Gasteiger partial charge in [0.05, 0.1) is 0 Å². The molecule has 4 heteroatoms. The molecule has 0 aliphatic carbocycles. The maximum atomic E-state index is 11.0. The van der Waals surface area contributed by atoms with Crippen LogP contribution in [-0.2, 0) is 10.8 Å². The Morgan fingerprint density at radius 2 is 0.897 bits per heavy atom. The van der Waals surface area contributed by atoms with Crippen molar-refractivity contribution in [2.75, 3.05) is 6.67 Å². The molecule has 0 aromatic heterocycles. The van der Waals surface area contributed by atoms with E-state index in [1.165, 1.54) is 0 Å². The molecule has 0 heterocycles. The maximum Gasteiger partial charge on any atom is 0.129 e. The van der Waals surface area contributed by atoms with Crippen molar-refractivity contribution in [3.8, 4) is 33.8 Å². The normalized spacial score (nSPS) is 12.5. The third-order valence-corrected chi connectivity index (χ3v) is 6.73. The molecule has 0 fully saturated rings. The Morgan fingerprint density at radius 1 is 0.538 bits per heavy atom. The van der Waals surface area contributed by atoms with Crippen LogP contribution in [0.15, 0.2) is 94.9 Å². The topological polar surface area (TPSA) is 65.2 Å². The summed E-state index contributed by atoms with van der Waals surface area (Å²) in [5, 5.41) is 22.1. The second kappa shape index (κ2) is 11.3. The Balaban J connectivity index is 1.63. The highest BCUT2D eigenvalue weighted by atomic mass is 16.3. The molecule has 4 aromatic rings. The fourth-order valence-electron chi connectivity index (χ4n) is 4.57. The minimum absolute atomic E-state index is 0.166. The van der Waals surface area contributed by atoms with Crippen LogP contribution in [0.4, 0.5) is 0 Å². The molecule has 0 aliphatic heterocycles. The number of hydrogen-bond donors (Lipinski definition) is 2. The van der Waals surface area contributed by atoms with E-state index in [0.29, 0.717) is 11.1 Å². The summed E-state index contributed by atoms with van der Waals surface area (Å²) in [6, 6.07) is 28.3. The third-order valence-electron chi connectivity index (χ3n) is 6.73. The van der Waals surface area contributed by atoms with Crippen LogP contribution >= 0.6 is 0 Å². The number of nitrogens with zero attached hydrogens (tertiary/aromatic N) is 2. The first-order valence-corrected chi connectivity index (χ1v) is 13.3. The highest BCUT2D eigenvalue weighted by Gasteiger charge is 2.22. The number of phenolic OH excluding ortho intramolecular Hbond substituents is 2. The van der Waals surface area contributed by atoms with Crippen molar-refractivity contribution in [3.05, 3.63) is 107 Å². The summed E-state index contributed by atoms with van der Waals surface area (Å²) in [6.45, 7) is 12.7. The van der Waals surface area contributed by atoms with Gasteiger partial charge in [0, 0.05) is 34.7 Å². The zero-order chi connectivity index (χ0) is 28.2. The van der Waals surface area contributed by atoms with E-state index in [-0.39, 0.29) is 29.0 Å². The molecule has 0 unspecified atom stereocenters.